The molecule has 0 saturated carbocycles. The molecule has 12 rings (SSSR count). The summed E-state index contributed by atoms with van der Waals surface area (Å²) in [4.78, 5) is 15.2. The van der Waals surface area contributed by atoms with Crippen molar-refractivity contribution in [1.82, 2.24) is 19.5 Å². The normalized spacial score (nSPS) is 11.9. The summed E-state index contributed by atoms with van der Waals surface area (Å²) < 4.78 is 15.2. The van der Waals surface area contributed by atoms with E-state index >= 15 is 0 Å². The Bertz CT molecular complexity index is 3490. The topological polar surface area (TPSA) is 69.9 Å². The molecule has 0 N–H and O–H groups in total. The monoisotopic (exact) mass is 730 g/mol. The van der Waals surface area contributed by atoms with Crippen molar-refractivity contribution < 1.29 is 8.83 Å². The molecule has 6 heteroatoms. The highest BCUT2D eigenvalue weighted by molar-refractivity contribution is 6.12. The van der Waals surface area contributed by atoms with E-state index < -0.39 is 0 Å². The fraction of sp³-hybridized carbons (Fsp3) is 0. The van der Waals surface area contributed by atoms with Crippen molar-refractivity contribution in [2.75, 3.05) is 0 Å². The van der Waals surface area contributed by atoms with Crippen LogP contribution in [0.3, 0.4) is 0 Å². The van der Waals surface area contributed by atoms with Gasteiger partial charge in [0, 0.05) is 60.3 Å². The Morgan fingerprint density at radius 3 is 1.70 bits per heavy atom. The Kier molecular flexibility index (Phi) is 6.83. The molecule has 0 aliphatic rings. The quantitative estimate of drug-likeness (QED) is 0.176. The number of hydrogen-bond donors (Lipinski definition) is 0. The first-order valence-electron chi connectivity index (χ1n) is 19.0. The molecule has 0 aliphatic carbocycles. The fourth-order valence-corrected chi connectivity index (χ4v) is 8.39. The van der Waals surface area contributed by atoms with Crippen molar-refractivity contribution in [3.63, 3.8) is 0 Å². The predicted octanol–water partition coefficient (Wildman–Crippen LogP) is 13.4. The number of fused-ring (bicyclic) bond motifs is 9. The minimum atomic E-state index is 0.570. The smallest absolute Gasteiger partial charge is 0.164 e. The van der Waals surface area contributed by atoms with Gasteiger partial charge in [-0.15, -0.1) is 0 Å². The lowest BCUT2D eigenvalue weighted by atomic mass is 10.00. The summed E-state index contributed by atoms with van der Waals surface area (Å²) in [5.41, 5.74) is 11.4. The summed E-state index contributed by atoms with van der Waals surface area (Å²) in [6.07, 6.45) is 0. The van der Waals surface area contributed by atoms with E-state index in [-0.39, 0.29) is 0 Å². The van der Waals surface area contributed by atoms with E-state index in [0.717, 1.165) is 88.4 Å². The molecule has 4 heterocycles. The lowest BCUT2D eigenvalue weighted by Crippen LogP contribution is -2.01. The molecule has 0 unspecified atom stereocenters. The third-order valence-corrected chi connectivity index (χ3v) is 11.1. The zero-order chi connectivity index (χ0) is 37.5. The third kappa shape index (κ3) is 5.01. The standard InChI is InChI=1S/C51H30N4O2/c1-2-12-31(13-3-1)49-52-50(33-14-10-15-35(28-33)55-43-21-7-4-16-37(43)38-17-5-8-22-44(38)55)54-51(53-49)34-24-26-40-42-29-32(25-27-46(42)56-47(40)30-34)36-19-11-20-41-39-18-6-9-23-45(39)57-48(36)41/h1-30H. The van der Waals surface area contributed by atoms with Crippen molar-refractivity contribution >= 4 is 65.7 Å². The molecule has 0 saturated heterocycles. The van der Waals surface area contributed by atoms with E-state index in [1.165, 1.54) is 10.8 Å². The van der Waals surface area contributed by atoms with Gasteiger partial charge in [0.1, 0.15) is 22.3 Å². The molecule has 266 valence electrons. The van der Waals surface area contributed by atoms with Crippen molar-refractivity contribution in [2.45, 2.75) is 0 Å². The van der Waals surface area contributed by atoms with Crippen molar-refractivity contribution in [1.29, 1.82) is 0 Å². The zero-order valence-electron chi connectivity index (χ0n) is 30.4. The maximum Gasteiger partial charge on any atom is 0.164 e. The van der Waals surface area contributed by atoms with Crippen LogP contribution in [0.2, 0.25) is 0 Å². The van der Waals surface area contributed by atoms with Gasteiger partial charge in [0.15, 0.2) is 17.5 Å². The maximum atomic E-state index is 6.50. The minimum absolute atomic E-state index is 0.570. The molecular formula is C51H30N4O2. The Morgan fingerprint density at radius 1 is 0.333 bits per heavy atom. The number of benzene rings is 8. The van der Waals surface area contributed by atoms with Crippen LogP contribution in [0, 0.1) is 0 Å². The number of rotatable bonds is 5. The minimum Gasteiger partial charge on any atom is -0.456 e. The molecule has 0 fully saturated rings. The lowest BCUT2D eigenvalue weighted by molar-refractivity contribution is 0.668. The molecule has 0 spiro atoms. The number of aromatic nitrogens is 4. The highest BCUT2D eigenvalue weighted by Gasteiger charge is 2.18. The van der Waals surface area contributed by atoms with E-state index in [4.69, 9.17) is 23.8 Å². The number of hydrogen-bond acceptors (Lipinski definition) is 5. The number of para-hydroxylation sites is 4. The molecule has 0 atom stereocenters. The Labute approximate surface area is 325 Å². The lowest BCUT2D eigenvalue weighted by Gasteiger charge is -2.11. The highest BCUT2D eigenvalue weighted by atomic mass is 16.3. The van der Waals surface area contributed by atoms with Crippen LogP contribution in [0.4, 0.5) is 0 Å². The second-order valence-corrected chi connectivity index (χ2v) is 14.4. The van der Waals surface area contributed by atoms with Gasteiger partial charge in [0.25, 0.3) is 0 Å². The fourth-order valence-electron chi connectivity index (χ4n) is 8.39. The SMILES string of the molecule is c1ccc(-c2nc(-c3cccc(-n4c5ccccc5c5ccccc54)c3)nc(-c3ccc4c(c3)oc3ccc(-c5cccc6c5oc5ccccc56)cc34)n2)cc1. The van der Waals surface area contributed by atoms with Gasteiger partial charge in [-0.3, -0.25) is 0 Å². The molecular weight excluding hydrogens is 701 g/mol. The van der Waals surface area contributed by atoms with Gasteiger partial charge >= 0.3 is 0 Å². The van der Waals surface area contributed by atoms with Crippen LogP contribution in [0.15, 0.2) is 191 Å². The van der Waals surface area contributed by atoms with Crippen molar-refractivity contribution in [3.05, 3.63) is 182 Å². The predicted molar refractivity (Wildman–Crippen MR) is 230 cm³/mol. The van der Waals surface area contributed by atoms with E-state index in [2.05, 4.69) is 126 Å². The molecule has 0 bridgehead atoms. The van der Waals surface area contributed by atoms with Crippen LogP contribution in [-0.2, 0) is 0 Å². The summed E-state index contributed by atoms with van der Waals surface area (Å²) >= 11 is 0. The summed E-state index contributed by atoms with van der Waals surface area (Å²) in [5, 5.41) is 6.70. The van der Waals surface area contributed by atoms with E-state index in [1.54, 1.807) is 0 Å². The summed E-state index contributed by atoms with van der Waals surface area (Å²) in [5.74, 6) is 1.77. The van der Waals surface area contributed by atoms with Gasteiger partial charge in [0.05, 0.1) is 11.0 Å². The number of nitrogens with zero attached hydrogens (tertiary/aromatic N) is 4. The average Bonchev–Trinajstić information content (AvgIpc) is 3.96. The summed E-state index contributed by atoms with van der Waals surface area (Å²) in [6.45, 7) is 0. The summed E-state index contributed by atoms with van der Waals surface area (Å²) in [7, 11) is 0. The molecule has 0 amide bonds. The first kappa shape index (κ1) is 31.5. The maximum absolute atomic E-state index is 6.50. The van der Waals surface area contributed by atoms with E-state index in [9.17, 15) is 0 Å². The first-order chi connectivity index (χ1) is 28.2. The van der Waals surface area contributed by atoms with Gasteiger partial charge in [-0.25, -0.2) is 15.0 Å². The average molecular weight is 731 g/mol. The van der Waals surface area contributed by atoms with Crippen LogP contribution in [0.5, 0.6) is 0 Å². The van der Waals surface area contributed by atoms with Gasteiger partial charge in [-0.1, -0.05) is 127 Å². The molecule has 4 aromatic heterocycles. The Morgan fingerprint density at radius 2 is 0.912 bits per heavy atom. The highest BCUT2D eigenvalue weighted by Crippen LogP contribution is 2.40. The van der Waals surface area contributed by atoms with Crippen LogP contribution in [0.25, 0.3) is 117 Å². The van der Waals surface area contributed by atoms with Crippen molar-refractivity contribution in [2.24, 2.45) is 0 Å². The van der Waals surface area contributed by atoms with Gasteiger partial charge in [0.2, 0.25) is 0 Å². The molecule has 0 aliphatic heterocycles. The third-order valence-electron chi connectivity index (χ3n) is 11.1. The van der Waals surface area contributed by atoms with Crippen molar-refractivity contribution in [3.8, 4) is 51.0 Å². The Balaban J connectivity index is 0.984. The molecule has 12 aromatic rings. The molecule has 8 aromatic carbocycles. The Hall–Kier alpha value is -7.83. The second kappa shape index (κ2) is 12.3. The number of furan rings is 2. The van der Waals surface area contributed by atoms with Gasteiger partial charge in [-0.2, -0.15) is 0 Å². The van der Waals surface area contributed by atoms with Crippen LogP contribution < -0.4 is 0 Å². The zero-order valence-corrected chi connectivity index (χ0v) is 30.4. The molecule has 57 heavy (non-hydrogen) atoms. The molecule has 0 radical (unpaired) electrons. The largest absolute Gasteiger partial charge is 0.456 e. The molecule has 6 nitrogen and oxygen atoms in total. The van der Waals surface area contributed by atoms with Crippen LogP contribution in [0.1, 0.15) is 0 Å². The van der Waals surface area contributed by atoms with Gasteiger partial charge in [-0.05, 0) is 60.2 Å². The van der Waals surface area contributed by atoms with Crippen LogP contribution >= 0.6 is 0 Å². The van der Waals surface area contributed by atoms with Gasteiger partial charge < -0.3 is 13.4 Å². The first-order valence-corrected chi connectivity index (χ1v) is 19.0. The second-order valence-electron chi connectivity index (χ2n) is 14.4. The van der Waals surface area contributed by atoms with E-state index in [1.807, 2.05) is 60.7 Å². The van der Waals surface area contributed by atoms with Crippen LogP contribution in [-0.4, -0.2) is 19.5 Å². The van der Waals surface area contributed by atoms with E-state index in [0.29, 0.717) is 17.5 Å². The summed E-state index contributed by atoms with van der Waals surface area (Å²) in [6, 6.07) is 62.7.